The van der Waals surface area contributed by atoms with Gasteiger partial charge >= 0.3 is 0 Å². The van der Waals surface area contributed by atoms with E-state index in [0.29, 0.717) is 22.7 Å². The predicted molar refractivity (Wildman–Crippen MR) is 150 cm³/mol. The SMILES string of the molecule is COc1ccc(OC)c([C@H](C(=O)NC2CCCCC2)N(C(=O)c2snc(C(N)=O)c2N)c2ccc(C)cc2)c1. The lowest BCUT2D eigenvalue weighted by atomic mass is 9.94. The maximum absolute atomic E-state index is 14.3. The van der Waals surface area contributed by atoms with Crippen molar-refractivity contribution in [2.45, 2.75) is 51.1 Å². The van der Waals surface area contributed by atoms with Crippen molar-refractivity contribution >= 4 is 40.6 Å². The Balaban J connectivity index is 1.91. The van der Waals surface area contributed by atoms with Gasteiger partial charge in [0.1, 0.15) is 22.4 Å². The molecule has 0 radical (unpaired) electrons. The number of carbonyl (C=O) groups is 3. The Labute approximate surface area is 231 Å². The van der Waals surface area contributed by atoms with Crippen molar-refractivity contribution in [3.8, 4) is 11.5 Å². The summed E-state index contributed by atoms with van der Waals surface area (Å²) in [6, 6.07) is 11.1. The highest BCUT2D eigenvalue weighted by atomic mass is 32.1. The second-order valence-electron chi connectivity index (χ2n) is 9.50. The summed E-state index contributed by atoms with van der Waals surface area (Å²) in [7, 11) is 3.02. The van der Waals surface area contributed by atoms with Gasteiger partial charge in [0.25, 0.3) is 11.8 Å². The smallest absolute Gasteiger partial charge is 0.273 e. The van der Waals surface area contributed by atoms with Crippen LogP contribution in [0.25, 0.3) is 0 Å². The molecule has 0 saturated heterocycles. The van der Waals surface area contributed by atoms with Crippen molar-refractivity contribution in [1.82, 2.24) is 9.69 Å². The van der Waals surface area contributed by atoms with Gasteiger partial charge in [-0.05, 0) is 61.6 Å². The number of amides is 3. The van der Waals surface area contributed by atoms with Crippen molar-refractivity contribution in [3.05, 3.63) is 64.2 Å². The standard InChI is InChI=1S/C28H33N5O5S/c1-16-9-11-18(12-10-16)33(28(36)25-22(29)23(26(30)34)32-39-25)24(27(35)31-17-7-5-4-6-8-17)20-15-19(37-2)13-14-21(20)38-3/h9-15,17,24H,4-8,29H2,1-3H3,(H2,30,34)(H,31,35)/t24-/m1/s1. The Morgan fingerprint density at radius 2 is 1.74 bits per heavy atom. The van der Waals surface area contributed by atoms with Crippen LogP contribution in [0.5, 0.6) is 11.5 Å². The molecule has 1 atom stereocenters. The van der Waals surface area contributed by atoms with Crippen LogP contribution in [0.1, 0.15) is 69.4 Å². The lowest BCUT2D eigenvalue weighted by molar-refractivity contribution is -0.123. The Morgan fingerprint density at radius 3 is 2.33 bits per heavy atom. The van der Waals surface area contributed by atoms with Gasteiger partial charge in [0.15, 0.2) is 5.69 Å². The van der Waals surface area contributed by atoms with E-state index in [1.165, 1.54) is 19.1 Å². The van der Waals surface area contributed by atoms with Crippen molar-refractivity contribution in [1.29, 1.82) is 0 Å². The summed E-state index contributed by atoms with van der Waals surface area (Å²) < 4.78 is 15.1. The first-order valence-corrected chi connectivity index (χ1v) is 13.5. The van der Waals surface area contributed by atoms with Gasteiger partial charge in [-0.3, -0.25) is 19.3 Å². The van der Waals surface area contributed by atoms with Gasteiger partial charge < -0.3 is 26.3 Å². The zero-order chi connectivity index (χ0) is 28.1. The van der Waals surface area contributed by atoms with E-state index in [1.807, 2.05) is 19.1 Å². The Hall–Kier alpha value is -4.12. The number of methoxy groups -OCH3 is 2. The number of nitrogens with one attached hydrogen (secondary N) is 1. The van der Waals surface area contributed by atoms with Gasteiger partial charge in [-0.25, -0.2) is 0 Å². The third-order valence-corrected chi connectivity index (χ3v) is 7.73. The highest BCUT2D eigenvalue weighted by Crippen LogP contribution is 2.38. The van der Waals surface area contributed by atoms with Crippen molar-refractivity contribution in [2.75, 3.05) is 24.9 Å². The summed E-state index contributed by atoms with van der Waals surface area (Å²) in [5, 5.41) is 3.17. The van der Waals surface area contributed by atoms with Crippen LogP contribution >= 0.6 is 11.5 Å². The molecule has 1 aliphatic carbocycles. The van der Waals surface area contributed by atoms with Crippen LogP contribution in [0.2, 0.25) is 0 Å². The van der Waals surface area contributed by atoms with E-state index < -0.39 is 17.9 Å². The third kappa shape index (κ3) is 5.98. The normalized spacial score (nSPS) is 14.3. The number of nitrogens with two attached hydrogens (primary N) is 2. The zero-order valence-corrected chi connectivity index (χ0v) is 23.0. The molecule has 1 heterocycles. The summed E-state index contributed by atoms with van der Waals surface area (Å²) in [6.07, 6.45) is 4.88. The van der Waals surface area contributed by atoms with Crippen LogP contribution in [0, 0.1) is 6.92 Å². The third-order valence-electron chi connectivity index (χ3n) is 6.88. The van der Waals surface area contributed by atoms with Crippen molar-refractivity contribution < 1.29 is 23.9 Å². The van der Waals surface area contributed by atoms with Gasteiger partial charge in [0, 0.05) is 17.3 Å². The molecule has 3 amide bonds. The summed E-state index contributed by atoms with van der Waals surface area (Å²) in [4.78, 5) is 41.6. The van der Waals surface area contributed by atoms with E-state index in [2.05, 4.69) is 9.69 Å². The van der Waals surface area contributed by atoms with E-state index in [9.17, 15) is 14.4 Å². The second-order valence-corrected chi connectivity index (χ2v) is 10.3. The number of nitrogens with zero attached hydrogens (tertiary/aromatic N) is 2. The number of hydrogen-bond donors (Lipinski definition) is 3. The first kappa shape index (κ1) is 27.9. The molecular formula is C28H33N5O5S. The van der Waals surface area contributed by atoms with Crippen LogP contribution in [0.4, 0.5) is 11.4 Å². The highest BCUT2D eigenvalue weighted by molar-refractivity contribution is 7.09. The van der Waals surface area contributed by atoms with E-state index >= 15 is 0 Å². The van der Waals surface area contributed by atoms with Gasteiger partial charge in [0.05, 0.1) is 19.9 Å². The molecule has 1 aromatic heterocycles. The summed E-state index contributed by atoms with van der Waals surface area (Å²) in [5.74, 6) is -0.924. The number of aryl methyl sites for hydroxylation is 1. The molecule has 4 rings (SSSR count). The lowest BCUT2D eigenvalue weighted by Crippen LogP contribution is -2.47. The van der Waals surface area contributed by atoms with Crippen molar-refractivity contribution in [3.63, 3.8) is 0 Å². The molecule has 0 spiro atoms. The minimum atomic E-state index is -1.16. The number of benzene rings is 2. The topological polar surface area (TPSA) is 150 Å². The van der Waals surface area contributed by atoms with Gasteiger partial charge in [-0.15, -0.1) is 0 Å². The molecule has 0 bridgehead atoms. The summed E-state index contributed by atoms with van der Waals surface area (Å²) >= 11 is 0.762. The average molecular weight is 552 g/mol. The molecule has 1 saturated carbocycles. The molecule has 206 valence electrons. The minimum Gasteiger partial charge on any atom is -0.497 e. The number of hydrogen-bond acceptors (Lipinski definition) is 8. The fourth-order valence-corrected chi connectivity index (χ4v) is 5.55. The fraction of sp³-hybridized carbons (Fsp3) is 0.357. The maximum atomic E-state index is 14.3. The molecule has 2 aromatic carbocycles. The van der Waals surface area contributed by atoms with E-state index in [-0.39, 0.29) is 28.2 Å². The van der Waals surface area contributed by atoms with Gasteiger partial charge in [-0.2, -0.15) is 4.37 Å². The number of rotatable bonds is 9. The number of nitrogen functional groups attached to an aromatic ring is 1. The quantitative estimate of drug-likeness (QED) is 0.364. The molecule has 11 heteroatoms. The maximum Gasteiger partial charge on any atom is 0.273 e. The Kier molecular flexibility index (Phi) is 8.70. The predicted octanol–water partition coefficient (Wildman–Crippen LogP) is 3.99. The fourth-order valence-electron chi connectivity index (χ4n) is 4.81. The summed E-state index contributed by atoms with van der Waals surface area (Å²) in [6.45, 7) is 1.93. The van der Waals surface area contributed by atoms with Gasteiger partial charge in [-0.1, -0.05) is 37.0 Å². The first-order valence-electron chi connectivity index (χ1n) is 12.7. The average Bonchev–Trinajstić information content (AvgIpc) is 3.33. The minimum absolute atomic E-state index is 0.00158. The van der Waals surface area contributed by atoms with E-state index in [0.717, 1.165) is 49.2 Å². The number of carbonyl (C=O) groups excluding carboxylic acids is 3. The zero-order valence-electron chi connectivity index (χ0n) is 22.2. The van der Waals surface area contributed by atoms with Crippen LogP contribution in [-0.2, 0) is 4.79 Å². The molecule has 1 fully saturated rings. The summed E-state index contributed by atoms with van der Waals surface area (Å²) in [5.41, 5.74) is 13.1. The monoisotopic (exact) mass is 551 g/mol. The van der Waals surface area contributed by atoms with Crippen LogP contribution in [-0.4, -0.2) is 42.4 Å². The number of ether oxygens (including phenoxy) is 2. The molecule has 0 unspecified atom stereocenters. The molecule has 1 aliphatic rings. The van der Waals surface area contributed by atoms with Crippen LogP contribution in [0.15, 0.2) is 42.5 Å². The largest absolute Gasteiger partial charge is 0.497 e. The van der Waals surface area contributed by atoms with E-state index in [1.54, 1.807) is 30.3 Å². The lowest BCUT2D eigenvalue weighted by Gasteiger charge is -2.34. The molecule has 3 aromatic rings. The number of primary amides is 1. The number of anilines is 2. The second kappa shape index (κ2) is 12.2. The van der Waals surface area contributed by atoms with Crippen LogP contribution in [0.3, 0.4) is 0 Å². The number of aromatic nitrogens is 1. The molecule has 5 N–H and O–H groups in total. The highest BCUT2D eigenvalue weighted by Gasteiger charge is 2.38. The Bertz CT molecular complexity index is 1350. The molecule has 39 heavy (non-hydrogen) atoms. The molecular weight excluding hydrogens is 518 g/mol. The Morgan fingerprint density at radius 1 is 1.05 bits per heavy atom. The van der Waals surface area contributed by atoms with Gasteiger partial charge in [0.2, 0.25) is 5.91 Å². The van der Waals surface area contributed by atoms with E-state index in [4.69, 9.17) is 20.9 Å². The first-order chi connectivity index (χ1) is 18.7. The molecule has 0 aliphatic heterocycles. The molecule has 10 nitrogen and oxygen atoms in total. The van der Waals surface area contributed by atoms with Crippen LogP contribution < -0.4 is 31.2 Å². The van der Waals surface area contributed by atoms with Crippen molar-refractivity contribution in [2.24, 2.45) is 5.73 Å².